The molecule has 1 amide bonds. The molecule has 0 aliphatic carbocycles. The Labute approximate surface area is 154 Å². The maximum absolute atomic E-state index is 12.4. The van der Waals surface area contributed by atoms with E-state index in [0.717, 1.165) is 22.6 Å². The van der Waals surface area contributed by atoms with Crippen molar-refractivity contribution in [3.05, 3.63) is 54.4 Å². The van der Waals surface area contributed by atoms with Crippen LogP contribution in [0.1, 0.15) is 20.2 Å². The van der Waals surface area contributed by atoms with Gasteiger partial charge in [-0.3, -0.25) is 19.7 Å². The maximum Gasteiger partial charge on any atom is 0.254 e. The summed E-state index contributed by atoms with van der Waals surface area (Å²) in [7, 11) is 1.91. The summed E-state index contributed by atoms with van der Waals surface area (Å²) in [6.07, 6.45) is 7.76. The number of rotatable bonds is 3. The Balaban J connectivity index is 1.74. The van der Waals surface area contributed by atoms with Crippen molar-refractivity contribution < 1.29 is 8.91 Å². The lowest BCUT2D eigenvalue weighted by Gasteiger charge is -2.29. The van der Waals surface area contributed by atoms with Gasteiger partial charge >= 0.3 is 0 Å². The number of hydrogen-bond acceptors (Lipinski definition) is 7. The van der Waals surface area contributed by atoms with Crippen molar-refractivity contribution in [3.63, 3.8) is 0 Å². The molecule has 26 heavy (non-hydrogen) atoms. The molecule has 0 atom stereocenters. The highest BCUT2D eigenvalue weighted by atomic mass is 16.1. The quantitative estimate of drug-likeness (QED) is 0.746. The largest absolute Gasteiger partial charge is 0.365 e. The lowest BCUT2D eigenvalue weighted by Crippen LogP contribution is -2.25. The minimum atomic E-state index is -2.60. The van der Waals surface area contributed by atoms with E-state index in [4.69, 9.17) is 4.11 Å². The molecule has 130 valence electrons. The van der Waals surface area contributed by atoms with Gasteiger partial charge in [0.05, 0.1) is 34.9 Å². The highest BCUT2D eigenvalue weighted by Crippen LogP contribution is 2.41. The van der Waals surface area contributed by atoms with Crippen molar-refractivity contribution in [2.45, 2.75) is 6.54 Å². The second-order valence-corrected chi connectivity index (χ2v) is 5.76. The lowest BCUT2D eigenvalue weighted by molar-refractivity contribution is 0.0963. The Morgan fingerprint density at radius 2 is 2.08 bits per heavy atom. The van der Waals surface area contributed by atoms with E-state index in [2.05, 4.69) is 25.3 Å². The lowest BCUT2D eigenvalue weighted by atomic mass is 10.0. The number of anilines is 3. The Bertz CT molecular complexity index is 1090. The summed E-state index contributed by atoms with van der Waals surface area (Å²) in [6, 6.07) is 3.45. The topological polar surface area (TPSA) is 95.9 Å². The second kappa shape index (κ2) is 6.40. The van der Waals surface area contributed by atoms with Crippen LogP contribution >= 0.6 is 0 Å². The molecule has 0 saturated heterocycles. The number of nitrogens with zero attached hydrogens (tertiary/aromatic N) is 5. The highest BCUT2D eigenvalue weighted by molar-refractivity contribution is 6.00. The van der Waals surface area contributed by atoms with Gasteiger partial charge in [-0.25, -0.2) is 4.98 Å². The zero-order valence-electron chi connectivity index (χ0n) is 16.9. The van der Waals surface area contributed by atoms with E-state index in [1.54, 1.807) is 24.7 Å². The minimum absolute atomic E-state index is 0.0988. The number of carbonyl (C=O) groups excluding carboxylic acids is 1. The summed E-state index contributed by atoms with van der Waals surface area (Å²) >= 11 is 0. The van der Waals surface area contributed by atoms with E-state index in [0.29, 0.717) is 18.1 Å². The van der Waals surface area contributed by atoms with Crippen molar-refractivity contribution in [3.8, 4) is 11.3 Å². The van der Waals surface area contributed by atoms with Crippen LogP contribution < -0.4 is 15.5 Å². The molecule has 0 bridgehead atoms. The molecule has 2 N–H and O–H groups in total. The van der Waals surface area contributed by atoms with Gasteiger partial charge < -0.3 is 15.5 Å². The number of amides is 1. The number of carbonyl (C=O) groups is 1. The highest BCUT2D eigenvalue weighted by Gasteiger charge is 2.25. The number of pyridine rings is 2. The molecule has 0 radical (unpaired) electrons. The van der Waals surface area contributed by atoms with Crippen LogP contribution in [0.25, 0.3) is 11.3 Å². The number of aromatic nitrogens is 4. The van der Waals surface area contributed by atoms with Crippen LogP contribution in [0.15, 0.2) is 43.1 Å². The van der Waals surface area contributed by atoms with Crippen LogP contribution in [0, 0.1) is 0 Å². The monoisotopic (exact) mass is 350 g/mol. The van der Waals surface area contributed by atoms with Crippen LogP contribution in [0.3, 0.4) is 0 Å². The van der Waals surface area contributed by atoms with Crippen molar-refractivity contribution >= 4 is 23.1 Å². The van der Waals surface area contributed by atoms with E-state index in [1.165, 1.54) is 12.4 Å². The average Bonchev–Trinajstić information content (AvgIpc) is 2.67. The fourth-order valence-corrected chi connectivity index (χ4v) is 3.01. The van der Waals surface area contributed by atoms with Crippen LogP contribution in [0.2, 0.25) is 0 Å². The third kappa shape index (κ3) is 2.61. The van der Waals surface area contributed by atoms with Crippen molar-refractivity contribution in [1.82, 2.24) is 25.3 Å². The number of fused-ring (bicyclic) bond motifs is 3. The molecule has 0 aromatic carbocycles. The Kier molecular flexibility index (Phi) is 3.14. The van der Waals surface area contributed by atoms with Gasteiger partial charge in [-0.2, -0.15) is 0 Å². The molecular formula is C18H17N7O. The molecule has 0 unspecified atom stereocenters. The molecule has 1 aliphatic heterocycles. The van der Waals surface area contributed by atoms with Crippen molar-refractivity contribution in [2.24, 2.45) is 0 Å². The summed E-state index contributed by atoms with van der Waals surface area (Å²) < 4.78 is 21.8. The van der Waals surface area contributed by atoms with Gasteiger partial charge in [0.25, 0.3) is 5.91 Å². The normalized spacial score (nSPS) is 14.3. The van der Waals surface area contributed by atoms with Crippen molar-refractivity contribution in [2.75, 3.05) is 24.2 Å². The summed E-state index contributed by atoms with van der Waals surface area (Å²) in [5.74, 6) is -0.245. The predicted octanol–water partition coefficient (Wildman–Crippen LogP) is 1.99. The minimum Gasteiger partial charge on any atom is -0.365 e. The first-order chi connectivity index (χ1) is 13.8. The maximum atomic E-state index is 12.4. The molecule has 0 fully saturated rings. The first-order valence-electron chi connectivity index (χ1n) is 9.37. The molecule has 0 spiro atoms. The van der Waals surface area contributed by atoms with Gasteiger partial charge in [0, 0.05) is 54.7 Å². The van der Waals surface area contributed by atoms with Gasteiger partial charge in [-0.05, 0) is 12.1 Å². The molecule has 0 saturated carbocycles. The van der Waals surface area contributed by atoms with Gasteiger partial charge in [0.15, 0.2) is 5.82 Å². The summed E-state index contributed by atoms with van der Waals surface area (Å²) in [4.78, 5) is 31.6. The van der Waals surface area contributed by atoms with Crippen LogP contribution in [0.5, 0.6) is 0 Å². The van der Waals surface area contributed by atoms with E-state index in [9.17, 15) is 4.79 Å². The van der Waals surface area contributed by atoms with Gasteiger partial charge in [0.1, 0.15) is 0 Å². The first kappa shape index (κ1) is 12.8. The van der Waals surface area contributed by atoms with E-state index in [1.807, 2.05) is 23.3 Å². The SMILES string of the molecule is [2H]C([2H])([2H])NC(=O)c1cnccc1Nc1nccc2c1N(C)Cc1nccnc1-2. The summed E-state index contributed by atoms with van der Waals surface area (Å²) in [5, 5.41) is 5.12. The molecule has 4 heterocycles. The Morgan fingerprint density at radius 1 is 1.19 bits per heavy atom. The average molecular weight is 350 g/mol. The van der Waals surface area contributed by atoms with E-state index >= 15 is 0 Å². The van der Waals surface area contributed by atoms with Crippen molar-refractivity contribution in [1.29, 1.82) is 0 Å². The fraction of sp³-hybridized carbons (Fsp3) is 0.167. The second-order valence-electron chi connectivity index (χ2n) is 5.76. The summed E-state index contributed by atoms with van der Waals surface area (Å²) in [5.41, 5.74) is 3.80. The van der Waals surface area contributed by atoms with E-state index < -0.39 is 12.9 Å². The zero-order valence-corrected chi connectivity index (χ0v) is 13.9. The Morgan fingerprint density at radius 3 is 2.96 bits per heavy atom. The predicted molar refractivity (Wildman–Crippen MR) is 98.3 cm³/mol. The third-order valence-electron chi connectivity index (χ3n) is 4.15. The zero-order chi connectivity index (χ0) is 20.6. The molecule has 8 heteroatoms. The standard InChI is InChI=1S/C18H17N7O/c1-19-18(26)12-9-20-5-4-13(12)24-17-16-11(3-6-23-17)15-14(10-25(16)2)21-7-8-22-15/h3-9H,10H2,1-2H3,(H,19,26)(H,20,23,24)/i1D3. The van der Waals surface area contributed by atoms with Crippen LogP contribution in [0.4, 0.5) is 17.2 Å². The number of hydrogen-bond donors (Lipinski definition) is 2. The first-order valence-corrected chi connectivity index (χ1v) is 7.87. The number of nitrogens with one attached hydrogen (secondary N) is 2. The van der Waals surface area contributed by atoms with Gasteiger partial charge in [-0.15, -0.1) is 0 Å². The van der Waals surface area contributed by atoms with Gasteiger partial charge in [0.2, 0.25) is 0 Å². The van der Waals surface area contributed by atoms with Crippen LogP contribution in [-0.4, -0.2) is 39.9 Å². The van der Waals surface area contributed by atoms with E-state index in [-0.39, 0.29) is 5.56 Å². The molecular weight excluding hydrogens is 330 g/mol. The fourth-order valence-electron chi connectivity index (χ4n) is 3.01. The molecule has 4 rings (SSSR count). The molecule has 3 aromatic heterocycles. The third-order valence-corrected chi connectivity index (χ3v) is 4.15. The van der Waals surface area contributed by atoms with Gasteiger partial charge in [-0.1, -0.05) is 0 Å². The molecule has 1 aliphatic rings. The summed E-state index contributed by atoms with van der Waals surface area (Å²) in [6.45, 7) is -2.05. The molecule has 8 nitrogen and oxygen atoms in total. The molecule has 3 aromatic rings. The smallest absolute Gasteiger partial charge is 0.254 e. The Hall–Kier alpha value is -3.55. The van der Waals surface area contributed by atoms with Crippen LogP contribution in [-0.2, 0) is 6.54 Å².